The van der Waals surface area contributed by atoms with Crippen molar-refractivity contribution in [1.29, 1.82) is 0 Å². The molecule has 1 N–H and O–H groups in total. The number of hydrogen-bond donors (Lipinski definition) is 1. The molecule has 0 spiro atoms. The Morgan fingerprint density at radius 1 is 1.00 bits per heavy atom. The lowest BCUT2D eigenvalue weighted by Crippen LogP contribution is -2.37. The third-order valence-electron chi connectivity index (χ3n) is 4.20. The van der Waals surface area contributed by atoms with Crippen LogP contribution in [0.25, 0.3) is 0 Å². The highest BCUT2D eigenvalue weighted by atomic mass is 14.9. The van der Waals surface area contributed by atoms with Gasteiger partial charge in [-0.3, -0.25) is 0 Å². The molecule has 1 fully saturated rings. The molecular weight excluding hydrogens is 206 g/mol. The molecule has 0 aliphatic heterocycles. The molecule has 1 aliphatic carbocycles. The first-order valence-electron chi connectivity index (χ1n) is 7.67. The highest BCUT2D eigenvalue weighted by molar-refractivity contribution is 4.88. The number of nitrogens with one attached hydrogen (secondary N) is 1. The summed E-state index contributed by atoms with van der Waals surface area (Å²) in [6, 6.07) is 0.632. The Hall–Kier alpha value is -0.0400. The van der Waals surface area contributed by atoms with Crippen LogP contribution >= 0.6 is 0 Å². The van der Waals surface area contributed by atoms with Crippen molar-refractivity contribution in [2.75, 3.05) is 6.54 Å². The van der Waals surface area contributed by atoms with Gasteiger partial charge in [0, 0.05) is 12.6 Å². The minimum atomic E-state index is 0.624. The van der Waals surface area contributed by atoms with Crippen LogP contribution in [-0.2, 0) is 0 Å². The second kappa shape index (κ2) is 6.78. The summed E-state index contributed by atoms with van der Waals surface area (Å²) in [5.74, 6) is 1.74. The summed E-state index contributed by atoms with van der Waals surface area (Å²) in [4.78, 5) is 0. The van der Waals surface area contributed by atoms with Crippen molar-refractivity contribution in [2.45, 2.75) is 79.2 Å². The Labute approximate surface area is 109 Å². The van der Waals surface area contributed by atoms with Crippen molar-refractivity contribution in [3.8, 4) is 0 Å². The SMILES string of the molecule is CC(C)CC(C)CC1(CNC(C)C)CCCC1. The topological polar surface area (TPSA) is 12.0 Å². The van der Waals surface area contributed by atoms with Gasteiger partial charge in [0.2, 0.25) is 0 Å². The van der Waals surface area contributed by atoms with Gasteiger partial charge in [0.25, 0.3) is 0 Å². The quantitative estimate of drug-likeness (QED) is 0.683. The van der Waals surface area contributed by atoms with Gasteiger partial charge in [-0.2, -0.15) is 0 Å². The van der Waals surface area contributed by atoms with Gasteiger partial charge >= 0.3 is 0 Å². The normalized spacial score (nSPS) is 21.4. The summed E-state index contributed by atoms with van der Waals surface area (Å²) in [5.41, 5.74) is 0.624. The van der Waals surface area contributed by atoms with E-state index in [2.05, 4.69) is 39.9 Å². The lowest BCUT2D eigenvalue weighted by molar-refractivity contribution is 0.199. The van der Waals surface area contributed by atoms with Crippen LogP contribution in [0.4, 0.5) is 0 Å². The average Bonchev–Trinajstić information content (AvgIpc) is 2.62. The van der Waals surface area contributed by atoms with Gasteiger partial charge in [0.15, 0.2) is 0 Å². The average molecular weight is 239 g/mol. The van der Waals surface area contributed by atoms with Gasteiger partial charge < -0.3 is 5.32 Å². The minimum absolute atomic E-state index is 0.624. The van der Waals surface area contributed by atoms with Crippen molar-refractivity contribution in [2.24, 2.45) is 17.3 Å². The molecule has 1 heteroatoms. The van der Waals surface area contributed by atoms with E-state index >= 15 is 0 Å². The first-order valence-corrected chi connectivity index (χ1v) is 7.67. The second-order valence-corrected chi connectivity index (χ2v) is 7.18. The third kappa shape index (κ3) is 5.42. The Kier molecular flexibility index (Phi) is 5.99. The second-order valence-electron chi connectivity index (χ2n) is 7.18. The molecule has 0 saturated heterocycles. The first-order chi connectivity index (χ1) is 7.93. The zero-order valence-corrected chi connectivity index (χ0v) is 12.7. The zero-order valence-electron chi connectivity index (χ0n) is 12.7. The van der Waals surface area contributed by atoms with E-state index in [1.54, 1.807) is 0 Å². The van der Waals surface area contributed by atoms with Crippen LogP contribution in [0.2, 0.25) is 0 Å². The molecule has 0 aromatic carbocycles. The number of rotatable bonds is 7. The van der Waals surface area contributed by atoms with Crippen molar-refractivity contribution in [3.63, 3.8) is 0 Å². The zero-order chi connectivity index (χ0) is 12.9. The summed E-state index contributed by atoms with van der Waals surface area (Å²) in [6.45, 7) is 12.9. The van der Waals surface area contributed by atoms with Crippen LogP contribution in [0, 0.1) is 17.3 Å². The van der Waals surface area contributed by atoms with Crippen molar-refractivity contribution >= 4 is 0 Å². The molecule has 1 rings (SSSR count). The standard InChI is InChI=1S/C16H33N/c1-13(2)10-15(5)11-16(8-6-7-9-16)12-17-14(3)4/h13-15,17H,6-12H2,1-5H3. The lowest BCUT2D eigenvalue weighted by Gasteiger charge is -2.33. The summed E-state index contributed by atoms with van der Waals surface area (Å²) >= 11 is 0. The van der Waals surface area contributed by atoms with Crippen LogP contribution in [0.3, 0.4) is 0 Å². The predicted octanol–water partition coefficient (Wildman–Crippen LogP) is 4.62. The minimum Gasteiger partial charge on any atom is -0.314 e. The van der Waals surface area contributed by atoms with Crippen molar-refractivity contribution < 1.29 is 0 Å². The van der Waals surface area contributed by atoms with E-state index in [1.807, 2.05) is 0 Å². The van der Waals surface area contributed by atoms with Crippen LogP contribution < -0.4 is 5.32 Å². The molecule has 1 aliphatic rings. The fourth-order valence-electron chi connectivity index (χ4n) is 3.63. The predicted molar refractivity (Wildman–Crippen MR) is 77.3 cm³/mol. The van der Waals surface area contributed by atoms with Gasteiger partial charge in [-0.25, -0.2) is 0 Å². The molecule has 0 radical (unpaired) electrons. The highest BCUT2D eigenvalue weighted by Crippen LogP contribution is 2.43. The van der Waals surface area contributed by atoms with Crippen LogP contribution in [0.1, 0.15) is 73.1 Å². The number of hydrogen-bond acceptors (Lipinski definition) is 1. The fraction of sp³-hybridized carbons (Fsp3) is 1.00. The lowest BCUT2D eigenvalue weighted by atomic mass is 9.76. The van der Waals surface area contributed by atoms with Crippen LogP contribution in [0.5, 0.6) is 0 Å². The summed E-state index contributed by atoms with van der Waals surface area (Å²) in [5, 5.41) is 3.69. The van der Waals surface area contributed by atoms with E-state index in [0.717, 1.165) is 11.8 Å². The molecule has 0 aromatic rings. The molecule has 0 aromatic heterocycles. The molecule has 0 bridgehead atoms. The Balaban J connectivity index is 2.46. The van der Waals surface area contributed by atoms with Gasteiger partial charge in [0.05, 0.1) is 0 Å². The van der Waals surface area contributed by atoms with Crippen molar-refractivity contribution in [1.82, 2.24) is 5.32 Å². The largest absolute Gasteiger partial charge is 0.314 e. The van der Waals surface area contributed by atoms with Gasteiger partial charge in [0.1, 0.15) is 0 Å². The highest BCUT2D eigenvalue weighted by Gasteiger charge is 2.34. The Bertz CT molecular complexity index is 202. The van der Waals surface area contributed by atoms with Crippen LogP contribution in [-0.4, -0.2) is 12.6 Å². The molecule has 1 saturated carbocycles. The van der Waals surface area contributed by atoms with Gasteiger partial charge in [-0.1, -0.05) is 47.5 Å². The molecule has 0 heterocycles. The molecule has 1 unspecified atom stereocenters. The molecule has 1 atom stereocenters. The van der Waals surface area contributed by atoms with E-state index < -0.39 is 0 Å². The maximum absolute atomic E-state index is 3.69. The van der Waals surface area contributed by atoms with Crippen LogP contribution in [0.15, 0.2) is 0 Å². The third-order valence-corrected chi connectivity index (χ3v) is 4.20. The fourth-order valence-corrected chi connectivity index (χ4v) is 3.63. The van der Waals surface area contributed by atoms with Crippen molar-refractivity contribution in [3.05, 3.63) is 0 Å². The van der Waals surface area contributed by atoms with E-state index in [0.29, 0.717) is 11.5 Å². The maximum Gasteiger partial charge on any atom is 0.00106 e. The van der Waals surface area contributed by atoms with E-state index in [9.17, 15) is 0 Å². The van der Waals surface area contributed by atoms with E-state index in [4.69, 9.17) is 0 Å². The molecule has 102 valence electrons. The summed E-state index contributed by atoms with van der Waals surface area (Å²) in [7, 11) is 0. The van der Waals surface area contributed by atoms with E-state index in [-0.39, 0.29) is 0 Å². The maximum atomic E-state index is 3.69. The Morgan fingerprint density at radius 3 is 2.06 bits per heavy atom. The molecule has 0 amide bonds. The van der Waals surface area contributed by atoms with Gasteiger partial charge in [-0.15, -0.1) is 0 Å². The summed E-state index contributed by atoms with van der Waals surface area (Å²) < 4.78 is 0. The monoisotopic (exact) mass is 239 g/mol. The first kappa shape index (κ1) is 15.0. The molecule has 1 nitrogen and oxygen atoms in total. The molecular formula is C16H33N. The van der Waals surface area contributed by atoms with Gasteiger partial charge in [-0.05, 0) is 42.9 Å². The summed E-state index contributed by atoms with van der Waals surface area (Å²) in [6.07, 6.45) is 8.64. The molecule has 17 heavy (non-hydrogen) atoms. The smallest absolute Gasteiger partial charge is 0.00106 e. The van der Waals surface area contributed by atoms with E-state index in [1.165, 1.54) is 45.1 Å². The Morgan fingerprint density at radius 2 is 1.59 bits per heavy atom.